The summed E-state index contributed by atoms with van der Waals surface area (Å²) in [6.45, 7) is 5.76. The van der Waals surface area contributed by atoms with E-state index in [2.05, 4.69) is 10.3 Å². The van der Waals surface area contributed by atoms with Crippen molar-refractivity contribution in [2.24, 2.45) is 4.99 Å². The summed E-state index contributed by atoms with van der Waals surface area (Å²) in [4.78, 5) is 29.1. The molecule has 0 bridgehead atoms. The summed E-state index contributed by atoms with van der Waals surface area (Å²) in [5.74, 6) is -1.32. The Bertz CT molecular complexity index is 1380. The standard InChI is InChI=1S/C24H19Cl2N3O3S/c1-12-4-5-16(25)10-20(12)27-24-28-22(30)21(33-24)9-15-8-13(2)29(14(15)3)17-6-7-19(26)18(11-17)23(31)32/h4-11H,1-3H3,(H,31,32)(H,27,28,30)/b21-9-. The highest BCUT2D eigenvalue weighted by Gasteiger charge is 2.25. The highest BCUT2D eigenvalue weighted by Crippen LogP contribution is 2.32. The molecule has 0 radical (unpaired) electrons. The second kappa shape index (κ2) is 9.09. The number of aromatic nitrogens is 1. The summed E-state index contributed by atoms with van der Waals surface area (Å²) in [6, 6.07) is 12.2. The van der Waals surface area contributed by atoms with Crippen LogP contribution in [0.25, 0.3) is 11.8 Å². The van der Waals surface area contributed by atoms with Crippen LogP contribution in [0.4, 0.5) is 5.69 Å². The lowest BCUT2D eigenvalue weighted by Gasteiger charge is -2.11. The maximum Gasteiger partial charge on any atom is 0.337 e. The number of amidine groups is 1. The van der Waals surface area contributed by atoms with Crippen molar-refractivity contribution < 1.29 is 14.7 Å². The van der Waals surface area contributed by atoms with Crippen molar-refractivity contribution >= 4 is 63.8 Å². The van der Waals surface area contributed by atoms with Gasteiger partial charge in [-0.25, -0.2) is 9.79 Å². The molecule has 0 saturated carbocycles. The van der Waals surface area contributed by atoms with E-state index in [9.17, 15) is 14.7 Å². The number of carbonyl (C=O) groups is 2. The minimum Gasteiger partial charge on any atom is -0.478 e. The van der Waals surface area contributed by atoms with Crippen LogP contribution >= 0.6 is 35.0 Å². The molecule has 2 aromatic carbocycles. The number of carbonyl (C=O) groups excluding carboxylic acids is 1. The summed E-state index contributed by atoms with van der Waals surface area (Å²) >= 11 is 13.3. The topological polar surface area (TPSA) is 83.7 Å². The number of carboxylic acids is 1. The zero-order valence-corrected chi connectivity index (χ0v) is 20.3. The van der Waals surface area contributed by atoms with Crippen LogP contribution < -0.4 is 5.32 Å². The van der Waals surface area contributed by atoms with E-state index in [-0.39, 0.29) is 16.5 Å². The van der Waals surface area contributed by atoms with Crippen molar-refractivity contribution in [3.63, 3.8) is 0 Å². The zero-order valence-electron chi connectivity index (χ0n) is 17.9. The SMILES string of the molecule is Cc1ccc(Cl)cc1N=C1NC(=O)/C(=C/c2cc(C)n(-c3ccc(Cl)c(C(=O)O)c3)c2C)S1. The molecule has 4 rings (SSSR count). The first-order valence-corrected chi connectivity index (χ1v) is 11.5. The van der Waals surface area contributed by atoms with E-state index < -0.39 is 5.97 Å². The van der Waals surface area contributed by atoms with Crippen molar-refractivity contribution in [2.75, 3.05) is 0 Å². The third-order valence-electron chi connectivity index (χ3n) is 5.24. The monoisotopic (exact) mass is 499 g/mol. The van der Waals surface area contributed by atoms with Gasteiger partial charge in [-0.15, -0.1) is 0 Å². The first-order valence-electron chi connectivity index (χ1n) is 9.92. The van der Waals surface area contributed by atoms with Gasteiger partial charge in [-0.1, -0.05) is 29.3 Å². The van der Waals surface area contributed by atoms with Crippen molar-refractivity contribution in [2.45, 2.75) is 20.8 Å². The maximum atomic E-state index is 12.6. The first-order chi connectivity index (χ1) is 15.6. The Morgan fingerprint density at radius 3 is 2.61 bits per heavy atom. The van der Waals surface area contributed by atoms with Gasteiger partial charge < -0.3 is 15.0 Å². The van der Waals surface area contributed by atoms with E-state index >= 15 is 0 Å². The molecule has 2 heterocycles. The third kappa shape index (κ3) is 4.71. The minimum absolute atomic E-state index is 0.0319. The molecule has 1 aliphatic rings. The van der Waals surface area contributed by atoms with Crippen LogP contribution in [0.15, 0.2) is 52.4 Å². The second-order valence-corrected chi connectivity index (χ2v) is 9.42. The number of benzene rings is 2. The van der Waals surface area contributed by atoms with Crippen molar-refractivity contribution in [3.05, 3.63) is 85.5 Å². The van der Waals surface area contributed by atoms with Gasteiger partial charge >= 0.3 is 5.97 Å². The molecule has 0 aliphatic carbocycles. The number of aryl methyl sites for hydroxylation is 2. The molecule has 0 unspecified atom stereocenters. The van der Waals surface area contributed by atoms with Gasteiger partial charge in [0.25, 0.3) is 5.91 Å². The van der Waals surface area contributed by atoms with Crippen LogP contribution in [0.5, 0.6) is 0 Å². The smallest absolute Gasteiger partial charge is 0.337 e. The molecular formula is C24H19Cl2N3O3S. The predicted molar refractivity (Wildman–Crippen MR) is 134 cm³/mol. The Kier molecular flexibility index (Phi) is 6.38. The van der Waals surface area contributed by atoms with Gasteiger partial charge in [0.15, 0.2) is 5.17 Å². The van der Waals surface area contributed by atoms with Gasteiger partial charge in [-0.05, 0) is 86.1 Å². The average molecular weight is 500 g/mol. The van der Waals surface area contributed by atoms with Crippen LogP contribution in [-0.4, -0.2) is 26.7 Å². The second-order valence-electron chi connectivity index (χ2n) is 7.54. The Morgan fingerprint density at radius 1 is 1.12 bits per heavy atom. The third-order valence-corrected chi connectivity index (χ3v) is 6.71. The van der Waals surface area contributed by atoms with Crippen molar-refractivity contribution in [1.82, 2.24) is 9.88 Å². The van der Waals surface area contributed by atoms with E-state index in [0.717, 1.165) is 22.5 Å². The predicted octanol–water partition coefficient (Wildman–Crippen LogP) is 6.30. The Morgan fingerprint density at radius 2 is 1.88 bits per heavy atom. The van der Waals surface area contributed by atoms with Gasteiger partial charge in [0.1, 0.15) is 0 Å². The number of aromatic carboxylic acids is 1. The Labute approximate surface area is 204 Å². The van der Waals surface area contributed by atoms with Gasteiger partial charge in [-0.3, -0.25) is 4.79 Å². The molecule has 0 spiro atoms. The number of halogens is 2. The fraction of sp³-hybridized carbons (Fsp3) is 0.125. The van der Waals surface area contributed by atoms with Crippen LogP contribution in [0.3, 0.4) is 0 Å². The molecule has 1 aromatic heterocycles. The van der Waals surface area contributed by atoms with Gasteiger partial charge in [0, 0.05) is 22.1 Å². The van der Waals surface area contributed by atoms with Crippen LogP contribution in [0.2, 0.25) is 10.0 Å². The number of carboxylic acid groups (broad SMARTS) is 1. The van der Waals surface area contributed by atoms with Crippen LogP contribution in [-0.2, 0) is 4.79 Å². The normalized spacial score (nSPS) is 16.0. The summed E-state index contributed by atoms with van der Waals surface area (Å²) in [7, 11) is 0. The fourth-order valence-electron chi connectivity index (χ4n) is 3.58. The fourth-order valence-corrected chi connectivity index (χ4v) is 4.77. The van der Waals surface area contributed by atoms with Gasteiger partial charge in [-0.2, -0.15) is 0 Å². The molecule has 1 fully saturated rings. The van der Waals surface area contributed by atoms with E-state index in [1.54, 1.807) is 30.3 Å². The number of hydrogen-bond acceptors (Lipinski definition) is 4. The number of nitrogens with zero attached hydrogens (tertiary/aromatic N) is 2. The average Bonchev–Trinajstić information content (AvgIpc) is 3.23. The molecule has 33 heavy (non-hydrogen) atoms. The van der Waals surface area contributed by atoms with Gasteiger partial charge in [0.2, 0.25) is 0 Å². The molecule has 0 atom stereocenters. The van der Waals surface area contributed by atoms with Crippen LogP contribution in [0, 0.1) is 20.8 Å². The van der Waals surface area contributed by atoms with E-state index in [1.807, 2.05) is 37.5 Å². The molecule has 168 valence electrons. The maximum absolute atomic E-state index is 12.6. The number of hydrogen-bond donors (Lipinski definition) is 2. The number of nitrogens with one attached hydrogen (secondary N) is 1. The molecular weight excluding hydrogens is 481 g/mol. The molecule has 1 saturated heterocycles. The number of thioether (sulfide) groups is 1. The first kappa shape index (κ1) is 23.2. The van der Waals surface area contributed by atoms with Crippen molar-refractivity contribution in [3.8, 4) is 5.69 Å². The number of amides is 1. The van der Waals surface area contributed by atoms with Crippen molar-refractivity contribution in [1.29, 1.82) is 0 Å². The Balaban J connectivity index is 1.68. The molecule has 9 heteroatoms. The highest BCUT2D eigenvalue weighted by molar-refractivity contribution is 8.18. The lowest BCUT2D eigenvalue weighted by Crippen LogP contribution is -2.19. The number of aliphatic imine (C=N–C) groups is 1. The summed E-state index contributed by atoms with van der Waals surface area (Å²) < 4.78 is 1.93. The highest BCUT2D eigenvalue weighted by atomic mass is 35.5. The summed E-state index contributed by atoms with van der Waals surface area (Å²) in [6.07, 6.45) is 1.81. The lowest BCUT2D eigenvalue weighted by molar-refractivity contribution is -0.115. The van der Waals surface area contributed by atoms with Gasteiger partial charge in [0.05, 0.1) is 21.2 Å². The zero-order chi connectivity index (χ0) is 23.9. The molecule has 1 aliphatic heterocycles. The van der Waals surface area contributed by atoms with Crippen LogP contribution in [0.1, 0.15) is 32.9 Å². The lowest BCUT2D eigenvalue weighted by atomic mass is 10.2. The van der Waals surface area contributed by atoms with E-state index in [1.165, 1.54) is 17.8 Å². The minimum atomic E-state index is -1.09. The van der Waals surface area contributed by atoms with E-state index in [4.69, 9.17) is 23.2 Å². The molecule has 2 N–H and O–H groups in total. The Hall–Kier alpha value is -3.00. The largest absolute Gasteiger partial charge is 0.478 e. The molecule has 3 aromatic rings. The quantitative estimate of drug-likeness (QED) is 0.412. The molecule has 1 amide bonds. The summed E-state index contributed by atoms with van der Waals surface area (Å²) in [5.41, 5.74) is 4.96. The molecule has 6 nitrogen and oxygen atoms in total. The van der Waals surface area contributed by atoms with E-state index in [0.29, 0.717) is 26.5 Å². The number of rotatable bonds is 4. The summed E-state index contributed by atoms with van der Waals surface area (Å²) in [5, 5.41) is 13.4.